The van der Waals surface area contributed by atoms with Gasteiger partial charge < -0.3 is 4.90 Å². The lowest BCUT2D eigenvalue weighted by atomic mass is 10.2. The van der Waals surface area contributed by atoms with Crippen LogP contribution in [0.5, 0.6) is 0 Å². The van der Waals surface area contributed by atoms with Crippen LogP contribution < -0.4 is 10.9 Å². The number of nitrogens with one attached hydrogen (secondary N) is 2. The lowest BCUT2D eigenvalue weighted by molar-refractivity contribution is -0.384. The van der Waals surface area contributed by atoms with Crippen molar-refractivity contribution < 1.29 is 14.5 Å². The van der Waals surface area contributed by atoms with Crippen LogP contribution in [-0.4, -0.2) is 34.2 Å². The number of hydrogen-bond acceptors (Lipinski definition) is 6. The number of anilines is 1. The number of nitro benzene ring substituents is 1. The lowest BCUT2D eigenvalue weighted by Gasteiger charge is -2.23. The fourth-order valence-electron chi connectivity index (χ4n) is 2.77. The van der Waals surface area contributed by atoms with Gasteiger partial charge >= 0.3 is 0 Å². The zero-order valence-electron chi connectivity index (χ0n) is 13.2. The van der Waals surface area contributed by atoms with Crippen LogP contribution in [0.1, 0.15) is 22.5 Å². The average Bonchev–Trinajstić information content (AvgIpc) is 3.30. The molecule has 0 radical (unpaired) electrons. The van der Waals surface area contributed by atoms with Crippen molar-refractivity contribution in [2.24, 2.45) is 0 Å². The molecule has 2 heterocycles. The van der Waals surface area contributed by atoms with Gasteiger partial charge in [-0.15, -0.1) is 11.3 Å². The van der Waals surface area contributed by atoms with Crippen LogP contribution >= 0.6 is 11.3 Å². The zero-order valence-corrected chi connectivity index (χ0v) is 14.0. The van der Waals surface area contributed by atoms with Crippen molar-refractivity contribution in [1.29, 1.82) is 0 Å². The Bertz CT molecular complexity index is 793. The molecule has 2 aromatic rings. The van der Waals surface area contributed by atoms with E-state index in [1.165, 1.54) is 23.5 Å². The molecule has 130 valence electrons. The van der Waals surface area contributed by atoms with Crippen LogP contribution in [0.15, 0.2) is 41.8 Å². The van der Waals surface area contributed by atoms with Crippen molar-refractivity contribution in [2.45, 2.75) is 18.9 Å². The second-order valence-electron chi connectivity index (χ2n) is 5.52. The number of thiophene rings is 1. The number of nitro groups is 1. The third-order valence-electron chi connectivity index (χ3n) is 3.97. The highest BCUT2D eigenvalue weighted by molar-refractivity contribution is 7.12. The molecule has 9 heteroatoms. The highest BCUT2D eigenvalue weighted by Gasteiger charge is 2.35. The molecule has 1 fully saturated rings. The highest BCUT2D eigenvalue weighted by Crippen LogP contribution is 2.24. The fourth-order valence-corrected chi connectivity index (χ4v) is 3.45. The summed E-state index contributed by atoms with van der Waals surface area (Å²) in [6.07, 6.45) is 1.29. The number of carbonyl (C=O) groups is 2. The molecule has 0 spiro atoms. The maximum atomic E-state index is 12.5. The van der Waals surface area contributed by atoms with E-state index in [1.54, 1.807) is 29.2 Å². The van der Waals surface area contributed by atoms with E-state index in [2.05, 4.69) is 10.9 Å². The Labute approximate surface area is 147 Å². The highest BCUT2D eigenvalue weighted by atomic mass is 32.1. The van der Waals surface area contributed by atoms with Gasteiger partial charge in [-0.25, -0.2) is 0 Å². The first-order chi connectivity index (χ1) is 12.1. The molecule has 0 aliphatic carbocycles. The van der Waals surface area contributed by atoms with Gasteiger partial charge in [0.05, 0.1) is 9.80 Å². The van der Waals surface area contributed by atoms with E-state index < -0.39 is 11.0 Å². The average molecular weight is 360 g/mol. The summed E-state index contributed by atoms with van der Waals surface area (Å²) in [7, 11) is 0. The van der Waals surface area contributed by atoms with Gasteiger partial charge in [-0.3, -0.25) is 30.6 Å². The van der Waals surface area contributed by atoms with Crippen molar-refractivity contribution in [3.63, 3.8) is 0 Å². The van der Waals surface area contributed by atoms with Gasteiger partial charge in [0.1, 0.15) is 11.7 Å². The maximum Gasteiger partial charge on any atom is 0.294 e. The molecule has 3 rings (SSSR count). The van der Waals surface area contributed by atoms with Crippen molar-refractivity contribution in [3.05, 3.63) is 56.8 Å². The number of hydrazine groups is 1. The third kappa shape index (κ3) is 3.61. The topological polar surface area (TPSA) is 105 Å². The summed E-state index contributed by atoms with van der Waals surface area (Å²) in [5.74, 6) is -0.557. The van der Waals surface area contributed by atoms with Crippen molar-refractivity contribution >= 4 is 34.5 Å². The van der Waals surface area contributed by atoms with Gasteiger partial charge in [0.2, 0.25) is 0 Å². The summed E-state index contributed by atoms with van der Waals surface area (Å²) in [5, 5.41) is 12.8. The van der Waals surface area contributed by atoms with E-state index >= 15 is 0 Å². The molecule has 8 nitrogen and oxygen atoms in total. The van der Waals surface area contributed by atoms with Crippen molar-refractivity contribution in [3.8, 4) is 0 Å². The minimum absolute atomic E-state index is 0.138. The number of rotatable bonds is 5. The maximum absolute atomic E-state index is 12.5. The number of carbonyl (C=O) groups excluding carboxylic acids is 2. The zero-order chi connectivity index (χ0) is 17.8. The predicted octanol–water partition coefficient (Wildman–Crippen LogP) is 2.40. The van der Waals surface area contributed by atoms with E-state index in [0.717, 1.165) is 6.42 Å². The fraction of sp³-hybridized carbons (Fsp3) is 0.250. The first-order valence-electron chi connectivity index (χ1n) is 7.71. The lowest BCUT2D eigenvalue weighted by Crippen LogP contribution is -2.47. The molecular weight excluding hydrogens is 344 g/mol. The Kier molecular flexibility index (Phi) is 4.94. The standard InChI is InChI=1S/C16H16N4O4S/c21-15(18-17-11-5-1-2-6-12(11)20(23)24)13-7-3-9-19(13)16(22)14-8-4-10-25-14/h1-2,4-6,8,10,13,17H,3,7,9H2,(H,18,21). The number of likely N-dealkylation sites (tertiary alicyclic amines) is 1. The summed E-state index contributed by atoms with van der Waals surface area (Å²) < 4.78 is 0. The molecule has 2 amide bonds. The molecular formula is C16H16N4O4S. The third-order valence-corrected chi connectivity index (χ3v) is 4.83. The van der Waals surface area contributed by atoms with Gasteiger partial charge in [-0.2, -0.15) is 0 Å². The minimum Gasteiger partial charge on any atom is -0.326 e. The summed E-state index contributed by atoms with van der Waals surface area (Å²) in [6, 6.07) is 8.95. The van der Waals surface area contributed by atoms with E-state index in [4.69, 9.17) is 0 Å². The number of hydrogen-bond donors (Lipinski definition) is 2. The molecule has 25 heavy (non-hydrogen) atoms. The first kappa shape index (κ1) is 16.9. The van der Waals surface area contributed by atoms with Crippen LogP contribution in [0.25, 0.3) is 0 Å². The summed E-state index contributed by atoms with van der Waals surface area (Å²) in [6.45, 7) is 0.514. The van der Waals surface area contributed by atoms with Crippen LogP contribution in [0.4, 0.5) is 11.4 Å². The van der Waals surface area contributed by atoms with Crippen LogP contribution in [0, 0.1) is 10.1 Å². The minimum atomic E-state index is -0.593. The second-order valence-corrected chi connectivity index (χ2v) is 6.47. The van der Waals surface area contributed by atoms with Crippen molar-refractivity contribution in [1.82, 2.24) is 10.3 Å². The van der Waals surface area contributed by atoms with Gasteiger partial charge in [-0.1, -0.05) is 18.2 Å². The molecule has 1 aliphatic rings. The Morgan fingerprint density at radius 3 is 2.76 bits per heavy atom. The summed E-state index contributed by atoms with van der Waals surface area (Å²) in [5.41, 5.74) is 5.12. The Morgan fingerprint density at radius 2 is 2.04 bits per heavy atom. The van der Waals surface area contributed by atoms with Gasteiger partial charge in [0, 0.05) is 12.6 Å². The Morgan fingerprint density at radius 1 is 1.24 bits per heavy atom. The number of para-hydroxylation sites is 2. The van der Waals surface area contributed by atoms with Crippen molar-refractivity contribution in [2.75, 3.05) is 12.0 Å². The molecule has 1 aromatic carbocycles. The molecule has 1 aromatic heterocycles. The molecule has 0 bridgehead atoms. The van der Waals surface area contributed by atoms with Crippen LogP contribution in [-0.2, 0) is 4.79 Å². The quantitative estimate of drug-likeness (QED) is 0.629. The van der Waals surface area contributed by atoms with Gasteiger partial charge in [0.15, 0.2) is 0 Å². The van der Waals surface area contributed by atoms with Crippen LogP contribution in [0.2, 0.25) is 0 Å². The Balaban J connectivity index is 1.67. The SMILES string of the molecule is O=C(NNc1ccccc1[N+](=O)[O-])C1CCCN1C(=O)c1cccs1. The smallest absolute Gasteiger partial charge is 0.294 e. The van der Waals surface area contributed by atoms with E-state index in [1.807, 2.05) is 5.38 Å². The molecule has 2 N–H and O–H groups in total. The number of benzene rings is 1. The Hall–Kier alpha value is -2.94. The molecule has 1 atom stereocenters. The molecule has 1 saturated heterocycles. The van der Waals surface area contributed by atoms with E-state index in [0.29, 0.717) is 17.8 Å². The van der Waals surface area contributed by atoms with Gasteiger partial charge in [0.25, 0.3) is 17.5 Å². The van der Waals surface area contributed by atoms with Crippen LogP contribution in [0.3, 0.4) is 0 Å². The molecule has 1 unspecified atom stereocenters. The molecule has 1 aliphatic heterocycles. The van der Waals surface area contributed by atoms with E-state index in [-0.39, 0.29) is 23.2 Å². The van der Waals surface area contributed by atoms with E-state index in [9.17, 15) is 19.7 Å². The predicted molar refractivity (Wildman–Crippen MR) is 93.2 cm³/mol. The number of amides is 2. The largest absolute Gasteiger partial charge is 0.326 e. The number of nitrogens with zero attached hydrogens (tertiary/aromatic N) is 2. The summed E-state index contributed by atoms with van der Waals surface area (Å²) >= 11 is 1.33. The summed E-state index contributed by atoms with van der Waals surface area (Å²) in [4.78, 5) is 37.5. The monoisotopic (exact) mass is 360 g/mol. The van der Waals surface area contributed by atoms with Gasteiger partial charge in [-0.05, 0) is 30.4 Å². The second kappa shape index (κ2) is 7.31. The first-order valence-corrected chi connectivity index (χ1v) is 8.59. The molecule has 0 saturated carbocycles. The normalized spacial score (nSPS) is 16.5.